The number of para-hydroxylation sites is 1. The zero-order valence-electron chi connectivity index (χ0n) is 22.2. The number of esters is 1. The van der Waals surface area contributed by atoms with Crippen LogP contribution in [0, 0.1) is 17.7 Å². The Hall–Kier alpha value is -4.22. The third-order valence-corrected chi connectivity index (χ3v) is 6.00. The van der Waals surface area contributed by atoms with Gasteiger partial charge in [0.05, 0.1) is 28.5 Å². The summed E-state index contributed by atoms with van der Waals surface area (Å²) in [7, 11) is 0. The van der Waals surface area contributed by atoms with Gasteiger partial charge in [0.25, 0.3) is 5.68 Å². The summed E-state index contributed by atoms with van der Waals surface area (Å²) in [6, 6.07) is 11.0. The number of aryl methyl sites for hydroxylation is 1. The lowest BCUT2D eigenvalue weighted by Crippen LogP contribution is -2.40. The molecular weight excluding hydrogens is 515 g/mol. The zero-order chi connectivity index (χ0) is 28.6. The van der Waals surface area contributed by atoms with Crippen LogP contribution < -0.4 is 15.7 Å². The zero-order valence-corrected chi connectivity index (χ0v) is 22.2. The number of aromatic amines is 1. The van der Waals surface area contributed by atoms with E-state index in [2.05, 4.69) is 20.0 Å². The van der Waals surface area contributed by atoms with E-state index in [0.29, 0.717) is 34.9 Å². The summed E-state index contributed by atoms with van der Waals surface area (Å²) in [4.78, 5) is 20.4. The topological polar surface area (TPSA) is 118 Å². The summed E-state index contributed by atoms with van der Waals surface area (Å²) in [5, 5.41) is 11.2. The number of hydrogen-bond donors (Lipinski definition) is 3. The summed E-state index contributed by atoms with van der Waals surface area (Å²) in [5.74, 6) is 0.0478. The number of ether oxygens (including phenoxy) is 2. The molecule has 9 nitrogen and oxygen atoms in total. The predicted octanol–water partition coefficient (Wildman–Crippen LogP) is 5.61. The number of carbonyl (C=O) groups excluding carboxylic acids is 1. The van der Waals surface area contributed by atoms with E-state index < -0.39 is 29.0 Å². The summed E-state index contributed by atoms with van der Waals surface area (Å²) in [6.07, 6.45) is -3.13. The van der Waals surface area contributed by atoms with Gasteiger partial charge in [-0.2, -0.15) is 0 Å². The first-order valence-corrected chi connectivity index (χ1v) is 12.1. The highest BCUT2D eigenvalue weighted by Gasteiger charge is 2.35. The smallest absolute Gasteiger partial charge is 0.462 e. The molecule has 1 unspecified atom stereocenters. The van der Waals surface area contributed by atoms with Crippen LogP contribution in [-0.4, -0.2) is 33.5 Å². The molecular formula is C27H30F3N5O4. The molecule has 0 saturated heterocycles. The Morgan fingerprint density at radius 2 is 1.87 bits per heavy atom. The van der Waals surface area contributed by atoms with E-state index in [9.17, 15) is 18.0 Å². The van der Waals surface area contributed by atoms with Crippen LogP contribution in [0.25, 0.3) is 11.0 Å². The molecule has 208 valence electrons. The minimum absolute atomic E-state index is 0.00702. The molecule has 3 N–H and O–H groups in total. The van der Waals surface area contributed by atoms with Gasteiger partial charge in [-0.25, -0.2) is 4.98 Å². The number of nitrogens with one attached hydrogen (secondary N) is 3. The number of H-pyrrole nitrogens is 1. The normalized spacial score (nSPS) is 13.7. The molecule has 0 spiro atoms. The molecule has 4 rings (SSSR count). The van der Waals surface area contributed by atoms with Crippen molar-refractivity contribution < 1.29 is 31.9 Å². The Labute approximate surface area is 222 Å². The molecule has 12 heteroatoms. The van der Waals surface area contributed by atoms with Crippen LogP contribution in [0.15, 0.2) is 53.1 Å². The number of hydrogen-bond acceptors (Lipinski definition) is 7. The third kappa shape index (κ3) is 6.62. The summed E-state index contributed by atoms with van der Waals surface area (Å²) in [6.45, 7) is 8.72. The first kappa shape index (κ1) is 27.8. The van der Waals surface area contributed by atoms with E-state index in [1.165, 1.54) is 18.2 Å². The van der Waals surface area contributed by atoms with Crippen LogP contribution in [0.1, 0.15) is 44.6 Å². The van der Waals surface area contributed by atoms with Gasteiger partial charge in [0, 0.05) is 6.20 Å². The molecule has 0 fully saturated rings. The lowest BCUT2D eigenvalue weighted by Gasteiger charge is -2.32. The standard InChI is InChI=1S/C27H30F3N5O4/c1-16-13-35(23(31)38-16)14-17-8-6-11-20-21(17)33-24(32-20)34-26(5,15-37-22(36)25(2,3)4)18-9-7-10-19(12-18)39-27(28,29)30/h6-13,31H,14-15H2,1-5H3,(H2,32,33,34). The fourth-order valence-electron chi connectivity index (χ4n) is 4.01. The van der Waals surface area contributed by atoms with Crippen molar-refractivity contribution in [2.45, 2.75) is 53.1 Å². The Balaban J connectivity index is 1.69. The molecule has 2 aromatic heterocycles. The second-order valence-electron chi connectivity index (χ2n) is 10.5. The van der Waals surface area contributed by atoms with Crippen LogP contribution >= 0.6 is 0 Å². The van der Waals surface area contributed by atoms with Gasteiger partial charge in [0.15, 0.2) is 0 Å². The maximum atomic E-state index is 12.9. The maximum absolute atomic E-state index is 12.9. The molecule has 4 aromatic rings. The average Bonchev–Trinajstić information content (AvgIpc) is 3.37. The average molecular weight is 546 g/mol. The molecule has 2 aromatic carbocycles. The van der Waals surface area contributed by atoms with Crippen LogP contribution in [0.2, 0.25) is 0 Å². The van der Waals surface area contributed by atoms with Crippen molar-refractivity contribution in [1.82, 2.24) is 14.5 Å². The van der Waals surface area contributed by atoms with E-state index in [1.54, 1.807) is 51.4 Å². The van der Waals surface area contributed by atoms with Crippen LogP contribution in [0.5, 0.6) is 5.75 Å². The summed E-state index contributed by atoms with van der Waals surface area (Å²) >= 11 is 0. The number of oxazole rings is 1. The molecule has 0 radical (unpaired) electrons. The Morgan fingerprint density at radius 1 is 1.15 bits per heavy atom. The number of nitrogens with zero attached hydrogens (tertiary/aromatic N) is 2. The first-order valence-electron chi connectivity index (χ1n) is 12.1. The van der Waals surface area contributed by atoms with Gasteiger partial charge >= 0.3 is 12.3 Å². The van der Waals surface area contributed by atoms with Crippen molar-refractivity contribution in [1.29, 1.82) is 5.41 Å². The van der Waals surface area contributed by atoms with Crippen molar-refractivity contribution in [3.05, 3.63) is 71.2 Å². The fraction of sp³-hybridized carbons (Fsp3) is 0.370. The van der Waals surface area contributed by atoms with Gasteiger partial charge in [-0.3, -0.25) is 14.8 Å². The highest BCUT2D eigenvalue weighted by atomic mass is 19.4. The highest BCUT2D eigenvalue weighted by molar-refractivity contribution is 5.81. The fourth-order valence-corrected chi connectivity index (χ4v) is 4.01. The summed E-state index contributed by atoms with van der Waals surface area (Å²) in [5.41, 5.74) is 0.570. The van der Waals surface area contributed by atoms with Crippen molar-refractivity contribution >= 4 is 23.0 Å². The first-order chi connectivity index (χ1) is 18.1. The number of carbonyl (C=O) groups is 1. The van der Waals surface area contributed by atoms with Gasteiger partial charge in [0.1, 0.15) is 18.1 Å². The Bertz CT molecular complexity index is 1550. The highest BCUT2D eigenvalue weighted by Crippen LogP contribution is 2.32. The number of fused-ring (bicyclic) bond motifs is 1. The maximum Gasteiger partial charge on any atom is 0.573 e. The van der Waals surface area contributed by atoms with Crippen LogP contribution in [0.3, 0.4) is 0 Å². The number of benzene rings is 2. The minimum Gasteiger partial charge on any atom is -0.462 e. The predicted molar refractivity (Wildman–Crippen MR) is 137 cm³/mol. The molecule has 39 heavy (non-hydrogen) atoms. The lowest BCUT2D eigenvalue weighted by molar-refractivity contribution is -0.274. The van der Waals surface area contributed by atoms with E-state index >= 15 is 0 Å². The monoisotopic (exact) mass is 545 g/mol. The number of alkyl halides is 3. The van der Waals surface area contributed by atoms with Crippen LogP contribution in [0.4, 0.5) is 19.1 Å². The van der Waals surface area contributed by atoms with E-state index in [4.69, 9.17) is 14.6 Å². The summed E-state index contributed by atoms with van der Waals surface area (Å²) < 4.78 is 55.3. The molecule has 2 heterocycles. The lowest BCUT2D eigenvalue weighted by atomic mass is 9.92. The SMILES string of the molecule is Cc1cn(Cc2cccc3[nH]c(NC(C)(COC(=O)C(C)(C)C)c4cccc(OC(F)(F)F)c4)nc23)c(=N)o1. The van der Waals surface area contributed by atoms with Gasteiger partial charge in [-0.05, 0) is 63.9 Å². The van der Waals surface area contributed by atoms with E-state index in [-0.39, 0.29) is 12.3 Å². The van der Waals surface area contributed by atoms with Crippen LogP contribution in [-0.2, 0) is 21.6 Å². The molecule has 0 aliphatic heterocycles. The second-order valence-corrected chi connectivity index (χ2v) is 10.5. The number of imidazole rings is 1. The molecule has 0 bridgehead atoms. The number of anilines is 1. The van der Waals surface area contributed by atoms with Gasteiger partial charge in [0.2, 0.25) is 5.95 Å². The number of rotatable bonds is 8. The van der Waals surface area contributed by atoms with Crippen molar-refractivity contribution in [2.75, 3.05) is 11.9 Å². The molecule has 1 atom stereocenters. The quantitative estimate of drug-likeness (QED) is 0.248. The third-order valence-electron chi connectivity index (χ3n) is 6.00. The van der Waals surface area contributed by atoms with Gasteiger partial charge in [-0.15, -0.1) is 13.2 Å². The van der Waals surface area contributed by atoms with E-state index in [0.717, 1.165) is 5.56 Å². The van der Waals surface area contributed by atoms with Gasteiger partial charge in [-0.1, -0.05) is 24.3 Å². The van der Waals surface area contributed by atoms with Crippen molar-refractivity contribution in [3.8, 4) is 5.75 Å². The molecule has 0 aliphatic rings. The molecule has 0 amide bonds. The second kappa shape index (κ2) is 10.2. The molecule has 0 aliphatic carbocycles. The van der Waals surface area contributed by atoms with Gasteiger partial charge < -0.3 is 24.2 Å². The number of halogens is 3. The van der Waals surface area contributed by atoms with Crippen molar-refractivity contribution in [3.63, 3.8) is 0 Å². The van der Waals surface area contributed by atoms with Crippen molar-refractivity contribution in [2.24, 2.45) is 5.41 Å². The van der Waals surface area contributed by atoms with E-state index in [1.807, 2.05) is 18.2 Å². The largest absolute Gasteiger partial charge is 0.573 e. The molecule has 0 saturated carbocycles. The number of aromatic nitrogens is 3. The minimum atomic E-state index is -4.86. The Morgan fingerprint density at radius 3 is 2.51 bits per heavy atom. The Kier molecular flexibility index (Phi) is 7.24.